The third kappa shape index (κ3) is 2.03. The maximum absolute atomic E-state index is 12.8. The highest BCUT2D eigenvalue weighted by Crippen LogP contribution is 2.36. The summed E-state index contributed by atoms with van der Waals surface area (Å²) in [7, 11) is 0. The van der Waals surface area contributed by atoms with Gasteiger partial charge in [0.05, 0.1) is 17.5 Å². The van der Waals surface area contributed by atoms with Crippen LogP contribution in [0.3, 0.4) is 0 Å². The van der Waals surface area contributed by atoms with Gasteiger partial charge in [0.1, 0.15) is 10.6 Å². The fourth-order valence-electron chi connectivity index (χ4n) is 2.48. The number of terminal acetylenes is 1. The van der Waals surface area contributed by atoms with E-state index in [9.17, 15) is 9.90 Å². The van der Waals surface area contributed by atoms with Crippen molar-refractivity contribution < 1.29 is 5.11 Å². The Morgan fingerprint density at radius 3 is 2.81 bits per heavy atom. The average Bonchev–Trinajstić information content (AvgIpc) is 2.95. The van der Waals surface area contributed by atoms with Gasteiger partial charge in [-0.3, -0.25) is 9.36 Å². The zero-order chi connectivity index (χ0) is 15.0. The van der Waals surface area contributed by atoms with Crippen LogP contribution in [0.25, 0.3) is 21.3 Å². The van der Waals surface area contributed by atoms with Gasteiger partial charge >= 0.3 is 0 Å². The molecular weight excluding hydrogens is 282 g/mol. The molecule has 1 N–H and O–H groups in total. The molecule has 104 valence electrons. The Hall–Kier alpha value is -2.51. The van der Waals surface area contributed by atoms with Crippen LogP contribution in [0, 0.1) is 19.3 Å². The van der Waals surface area contributed by atoms with Gasteiger partial charge in [-0.25, -0.2) is 0 Å². The number of benzene rings is 1. The standard InChI is InChI=1S/C17H13NO2S/c1-3-9-18-16(20)14(12-7-5-4-6-11(12)2)15(19)13-8-10-21-17(13)18/h1,4-8,10,19H,9H2,2H3. The molecule has 0 amide bonds. The summed E-state index contributed by atoms with van der Waals surface area (Å²) in [6.45, 7) is 2.10. The molecule has 0 aliphatic carbocycles. The lowest BCUT2D eigenvalue weighted by Crippen LogP contribution is -2.21. The first-order chi connectivity index (χ1) is 10.1. The van der Waals surface area contributed by atoms with Crippen molar-refractivity contribution in [3.8, 4) is 29.2 Å². The van der Waals surface area contributed by atoms with Gasteiger partial charge in [-0.15, -0.1) is 17.8 Å². The second-order valence-electron chi connectivity index (χ2n) is 4.77. The highest BCUT2D eigenvalue weighted by atomic mass is 32.1. The topological polar surface area (TPSA) is 42.2 Å². The summed E-state index contributed by atoms with van der Waals surface area (Å²) in [4.78, 5) is 13.5. The first-order valence-corrected chi connectivity index (χ1v) is 7.35. The van der Waals surface area contributed by atoms with Crippen LogP contribution in [-0.4, -0.2) is 9.67 Å². The Morgan fingerprint density at radius 1 is 1.33 bits per heavy atom. The molecule has 0 spiro atoms. The first kappa shape index (κ1) is 13.5. The minimum absolute atomic E-state index is 0.0267. The Kier molecular flexibility index (Phi) is 3.28. The third-order valence-corrected chi connectivity index (χ3v) is 4.44. The fourth-order valence-corrected chi connectivity index (χ4v) is 3.38. The molecule has 2 heterocycles. The Morgan fingerprint density at radius 2 is 2.10 bits per heavy atom. The Labute approximate surface area is 126 Å². The van der Waals surface area contributed by atoms with Crippen LogP contribution in [0.1, 0.15) is 5.56 Å². The number of hydrogen-bond acceptors (Lipinski definition) is 3. The smallest absolute Gasteiger partial charge is 0.264 e. The van der Waals surface area contributed by atoms with Gasteiger partial charge in [0, 0.05) is 0 Å². The Balaban J connectivity index is 2.47. The summed E-state index contributed by atoms with van der Waals surface area (Å²) in [6.07, 6.45) is 5.38. The molecule has 3 rings (SSSR count). The summed E-state index contributed by atoms with van der Waals surface area (Å²) < 4.78 is 1.54. The highest BCUT2D eigenvalue weighted by Gasteiger charge is 2.19. The van der Waals surface area contributed by atoms with Crippen molar-refractivity contribution in [2.24, 2.45) is 0 Å². The van der Waals surface area contributed by atoms with E-state index in [0.717, 1.165) is 11.1 Å². The van der Waals surface area contributed by atoms with Crippen LogP contribution in [0.15, 0.2) is 40.5 Å². The van der Waals surface area contributed by atoms with E-state index in [1.165, 1.54) is 11.3 Å². The summed E-state index contributed by atoms with van der Waals surface area (Å²) >= 11 is 1.40. The molecule has 0 aliphatic rings. The molecule has 0 bridgehead atoms. The fraction of sp³-hybridized carbons (Fsp3) is 0.118. The molecule has 0 saturated carbocycles. The number of thiophene rings is 1. The zero-order valence-corrected chi connectivity index (χ0v) is 12.3. The van der Waals surface area contributed by atoms with Crippen molar-refractivity contribution in [3.05, 3.63) is 51.6 Å². The zero-order valence-electron chi connectivity index (χ0n) is 11.5. The molecule has 0 fully saturated rings. The monoisotopic (exact) mass is 295 g/mol. The van der Waals surface area contributed by atoms with Gasteiger partial charge in [-0.05, 0) is 29.5 Å². The van der Waals surface area contributed by atoms with Crippen LogP contribution >= 0.6 is 11.3 Å². The van der Waals surface area contributed by atoms with E-state index >= 15 is 0 Å². The molecule has 0 unspecified atom stereocenters. The molecule has 1 aromatic carbocycles. The van der Waals surface area contributed by atoms with Crippen molar-refractivity contribution in [3.63, 3.8) is 0 Å². The summed E-state index contributed by atoms with van der Waals surface area (Å²) in [5, 5.41) is 13.0. The summed E-state index contributed by atoms with van der Waals surface area (Å²) in [5.74, 6) is 2.53. The average molecular weight is 295 g/mol. The first-order valence-electron chi connectivity index (χ1n) is 6.47. The second-order valence-corrected chi connectivity index (χ2v) is 5.67. The van der Waals surface area contributed by atoms with E-state index in [1.807, 2.05) is 42.6 Å². The van der Waals surface area contributed by atoms with Gasteiger partial charge in [-0.2, -0.15) is 0 Å². The minimum atomic E-state index is -0.255. The number of nitrogens with zero attached hydrogens (tertiary/aromatic N) is 1. The number of pyridine rings is 1. The molecule has 0 aliphatic heterocycles. The number of aromatic nitrogens is 1. The molecule has 21 heavy (non-hydrogen) atoms. The molecular formula is C17H13NO2S. The van der Waals surface area contributed by atoms with E-state index in [-0.39, 0.29) is 17.9 Å². The highest BCUT2D eigenvalue weighted by molar-refractivity contribution is 7.16. The predicted octanol–water partition coefficient (Wildman–Crippen LogP) is 3.38. The Bertz CT molecular complexity index is 928. The lowest BCUT2D eigenvalue weighted by molar-refractivity contribution is 0.481. The molecule has 2 aromatic heterocycles. The molecule has 3 nitrogen and oxygen atoms in total. The van der Waals surface area contributed by atoms with Crippen molar-refractivity contribution in [1.29, 1.82) is 0 Å². The van der Waals surface area contributed by atoms with Gasteiger partial charge in [0.15, 0.2) is 0 Å². The van der Waals surface area contributed by atoms with E-state index in [2.05, 4.69) is 5.92 Å². The lowest BCUT2D eigenvalue weighted by atomic mass is 10.00. The minimum Gasteiger partial charge on any atom is -0.506 e. The molecule has 0 atom stereocenters. The molecule has 0 radical (unpaired) electrons. The van der Waals surface area contributed by atoms with Gasteiger partial charge in [0.25, 0.3) is 5.56 Å². The molecule has 4 heteroatoms. The quantitative estimate of drug-likeness (QED) is 0.736. The third-order valence-electron chi connectivity index (χ3n) is 3.50. The van der Waals surface area contributed by atoms with Gasteiger partial charge in [0.2, 0.25) is 0 Å². The van der Waals surface area contributed by atoms with Crippen molar-refractivity contribution in [2.75, 3.05) is 0 Å². The summed E-state index contributed by atoms with van der Waals surface area (Å²) in [6, 6.07) is 9.31. The van der Waals surface area contributed by atoms with E-state index in [1.54, 1.807) is 4.57 Å². The number of rotatable bonds is 2. The van der Waals surface area contributed by atoms with Crippen LogP contribution in [0.2, 0.25) is 0 Å². The van der Waals surface area contributed by atoms with Crippen molar-refractivity contribution in [2.45, 2.75) is 13.5 Å². The maximum atomic E-state index is 12.8. The van der Waals surface area contributed by atoms with Crippen LogP contribution in [0.5, 0.6) is 5.75 Å². The number of aryl methyl sites for hydroxylation is 1. The number of fused-ring (bicyclic) bond motifs is 1. The van der Waals surface area contributed by atoms with E-state index < -0.39 is 0 Å². The van der Waals surface area contributed by atoms with E-state index in [0.29, 0.717) is 15.8 Å². The number of aromatic hydroxyl groups is 1. The normalized spacial score (nSPS) is 10.7. The van der Waals surface area contributed by atoms with Crippen molar-refractivity contribution in [1.82, 2.24) is 4.57 Å². The second kappa shape index (κ2) is 5.12. The number of hydrogen-bond donors (Lipinski definition) is 1. The largest absolute Gasteiger partial charge is 0.506 e. The summed E-state index contributed by atoms with van der Waals surface area (Å²) in [5.41, 5.74) is 1.73. The molecule has 0 saturated heterocycles. The maximum Gasteiger partial charge on any atom is 0.264 e. The van der Waals surface area contributed by atoms with Gasteiger partial charge < -0.3 is 5.11 Å². The lowest BCUT2D eigenvalue weighted by Gasteiger charge is -2.12. The SMILES string of the molecule is C#CCn1c(=O)c(-c2ccccc2C)c(O)c2ccsc21. The van der Waals surface area contributed by atoms with Crippen LogP contribution < -0.4 is 5.56 Å². The predicted molar refractivity (Wildman–Crippen MR) is 86.8 cm³/mol. The van der Waals surface area contributed by atoms with Crippen LogP contribution in [0.4, 0.5) is 0 Å². The molecule has 3 aromatic rings. The van der Waals surface area contributed by atoms with Crippen LogP contribution in [-0.2, 0) is 6.54 Å². The van der Waals surface area contributed by atoms with Crippen molar-refractivity contribution >= 4 is 21.6 Å². The van der Waals surface area contributed by atoms with Gasteiger partial charge in [-0.1, -0.05) is 30.2 Å². The van der Waals surface area contributed by atoms with E-state index in [4.69, 9.17) is 6.42 Å².